The molecule has 0 aromatic rings. The molecule has 0 aliphatic heterocycles. The Balaban J connectivity index is 1.87. The van der Waals surface area contributed by atoms with Gasteiger partial charge in [-0.1, -0.05) is 12.8 Å². The molecule has 2 aliphatic rings. The van der Waals surface area contributed by atoms with Crippen LogP contribution in [0.3, 0.4) is 0 Å². The Morgan fingerprint density at radius 1 is 1.35 bits per heavy atom. The van der Waals surface area contributed by atoms with Crippen molar-refractivity contribution in [3.05, 3.63) is 0 Å². The normalized spacial score (nSPS) is 23.9. The van der Waals surface area contributed by atoms with E-state index in [0.717, 1.165) is 25.7 Å². The van der Waals surface area contributed by atoms with E-state index in [9.17, 15) is 14.7 Å². The monoisotopic (exact) mass is 300 g/mol. The van der Waals surface area contributed by atoms with Crippen LogP contribution in [0.2, 0.25) is 0 Å². The number of aliphatic carboxylic acids is 1. The first-order valence-electron chi connectivity index (χ1n) is 7.26. The molecule has 0 heterocycles. The van der Waals surface area contributed by atoms with Crippen LogP contribution >= 0.6 is 11.8 Å². The van der Waals surface area contributed by atoms with E-state index in [1.165, 1.54) is 12.8 Å². The predicted molar refractivity (Wildman–Crippen MR) is 80.0 cm³/mol. The van der Waals surface area contributed by atoms with Crippen molar-refractivity contribution in [3.63, 3.8) is 0 Å². The molecule has 2 rings (SSSR count). The molecule has 3 N–H and O–H groups in total. The van der Waals surface area contributed by atoms with Crippen LogP contribution in [0.25, 0.3) is 0 Å². The van der Waals surface area contributed by atoms with Gasteiger partial charge in [0.2, 0.25) is 0 Å². The summed E-state index contributed by atoms with van der Waals surface area (Å²) >= 11 is 1.81. The fourth-order valence-electron chi connectivity index (χ4n) is 2.98. The highest BCUT2D eigenvalue weighted by Crippen LogP contribution is 2.40. The van der Waals surface area contributed by atoms with Crippen LogP contribution in [0.1, 0.15) is 45.4 Å². The minimum absolute atomic E-state index is 0.0618. The van der Waals surface area contributed by atoms with Gasteiger partial charge < -0.3 is 15.7 Å². The van der Waals surface area contributed by atoms with E-state index in [-0.39, 0.29) is 16.7 Å². The van der Waals surface area contributed by atoms with Crippen molar-refractivity contribution in [2.75, 3.05) is 12.8 Å². The van der Waals surface area contributed by atoms with Gasteiger partial charge in [0.1, 0.15) is 5.54 Å². The third-order valence-electron chi connectivity index (χ3n) is 4.73. The molecule has 2 amide bonds. The first kappa shape index (κ1) is 15.5. The molecule has 0 spiro atoms. The number of carbonyl (C=O) groups excluding carboxylic acids is 1. The van der Waals surface area contributed by atoms with E-state index >= 15 is 0 Å². The number of hydrogen-bond acceptors (Lipinski definition) is 3. The largest absolute Gasteiger partial charge is 0.480 e. The third kappa shape index (κ3) is 3.22. The Labute approximate surface area is 124 Å². The number of rotatable bonds is 6. The molecule has 1 unspecified atom stereocenters. The molecule has 0 bridgehead atoms. The number of carboxylic acid groups (broad SMARTS) is 1. The average molecular weight is 300 g/mol. The number of urea groups is 1. The first-order chi connectivity index (χ1) is 9.42. The molecule has 20 heavy (non-hydrogen) atoms. The first-order valence-corrected chi connectivity index (χ1v) is 8.49. The van der Waals surface area contributed by atoms with Gasteiger partial charge in [-0.05, 0) is 44.8 Å². The van der Waals surface area contributed by atoms with Gasteiger partial charge in [0, 0.05) is 11.3 Å². The zero-order valence-corrected chi connectivity index (χ0v) is 13.0. The van der Waals surface area contributed by atoms with Crippen LogP contribution in [0.15, 0.2) is 0 Å². The van der Waals surface area contributed by atoms with E-state index in [0.29, 0.717) is 6.54 Å². The SMILES string of the molecule is CSC1(CNC(=O)NC(C)(C(=O)O)C2CC2)CCCC1. The maximum atomic E-state index is 12.0. The average Bonchev–Trinajstić information content (AvgIpc) is 3.16. The Morgan fingerprint density at radius 3 is 2.40 bits per heavy atom. The summed E-state index contributed by atoms with van der Waals surface area (Å²) in [6.45, 7) is 2.22. The van der Waals surface area contributed by atoms with Gasteiger partial charge in [0.25, 0.3) is 0 Å². The molecule has 0 aromatic heterocycles. The number of amides is 2. The van der Waals surface area contributed by atoms with Crippen molar-refractivity contribution < 1.29 is 14.7 Å². The van der Waals surface area contributed by atoms with Crippen LogP contribution in [0.4, 0.5) is 4.79 Å². The summed E-state index contributed by atoms with van der Waals surface area (Å²) in [7, 11) is 0. The van der Waals surface area contributed by atoms with Crippen LogP contribution in [0, 0.1) is 5.92 Å². The highest BCUT2D eigenvalue weighted by Gasteiger charge is 2.48. The standard InChI is InChI=1S/C14H24N2O3S/c1-13(11(17)18,10-5-6-10)16-12(19)15-9-14(20-2)7-3-4-8-14/h10H,3-9H2,1-2H3,(H,17,18)(H2,15,16,19). The van der Waals surface area contributed by atoms with Crippen LogP contribution in [-0.2, 0) is 4.79 Å². The predicted octanol–water partition coefficient (Wildman–Crippen LogP) is 2.21. The molecule has 2 saturated carbocycles. The summed E-state index contributed by atoms with van der Waals surface area (Å²) in [5.41, 5.74) is -1.13. The summed E-state index contributed by atoms with van der Waals surface area (Å²) in [5.74, 6) is -0.887. The lowest BCUT2D eigenvalue weighted by atomic mass is 9.96. The highest BCUT2D eigenvalue weighted by atomic mass is 32.2. The van der Waals surface area contributed by atoms with Crippen molar-refractivity contribution in [3.8, 4) is 0 Å². The van der Waals surface area contributed by atoms with Crippen LogP contribution in [-0.4, -0.2) is 40.2 Å². The van der Waals surface area contributed by atoms with E-state index in [1.807, 2.05) is 0 Å². The lowest BCUT2D eigenvalue weighted by Gasteiger charge is -2.30. The summed E-state index contributed by atoms with van der Waals surface area (Å²) in [5, 5.41) is 14.9. The van der Waals surface area contributed by atoms with Gasteiger partial charge in [-0.3, -0.25) is 0 Å². The molecular formula is C14H24N2O3S. The second-order valence-electron chi connectivity index (χ2n) is 6.18. The Kier molecular flexibility index (Phi) is 4.52. The quantitative estimate of drug-likeness (QED) is 0.703. The third-order valence-corrected chi connectivity index (χ3v) is 6.15. The van der Waals surface area contributed by atoms with E-state index in [1.54, 1.807) is 18.7 Å². The summed E-state index contributed by atoms with van der Waals surface area (Å²) in [4.78, 5) is 23.4. The fourth-order valence-corrected chi connectivity index (χ4v) is 3.90. The molecule has 5 nitrogen and oxygen atoms in total. The molecular weight excluding hydrogens is 276 g/mol. The van der Waals surface area contributed by atoms with E-state index in [2.05, 4.69) is 16.9 Å². The minimum atomic E-state index is -1.13. The maximum Gasteiger partial charge on any atom is 0.329 e. The number of carbonyl (C=O) groups is 2. The topological polar surface area (TPSA) is 78.4 Å². The summed E-state index contributed by atoms with van der Waals surface area (Å²) < 4.78 is 0.135. The zero-order valence-electron chi connectivity index (χ0n) is 12.2. The number of hydrogen-bond donors (Lipinski definition) is 3. The molecule has 0 radical (unpaired) electrons. The Morgan fingerprint density at radius 2 is 1.95 bits per heavy atom. The van der Waals surface area contributed by atoms with Crippen molar-refractivity contribution in [1.29, 1.82) is 0 Å². The zero-order chi connectivity index (χ0) is 14.8. The fraction of sp³-hybridized carbons (Fsp3) is 0.857. The van der Waals surface area contributed by atoms with Gasteiger partial charge in [0.05, 0.1) is 0 Å². The van der Waals surface area contributed by atoms with Crippen molar-refractivity contribution >= 4 is 23.8 Å². The van der Waals surface area contributed by atoms with Gasteiger partial charge in [-0.2, -0.15) is 11.8 Å². The van der Waals surface area contributed by atoms with Gasteiger partial charge in [-0.25, -0.2) is 9.59 Å². The molecule has 2 fully saturated rings. The summed E-state index contributed by atoms with van der Waals surface area (Å²) in [6, 6.07) is -0.359. The highest BCUT2D eigenvalue weighted by molar-refractivity contribution is 8.00. The molecule has 1 atom stereocenters. The van der Waals surface area contributed by atoms with Gasteiger partial charge in [0.15, 0.2) is 0 Å². The lowest BCUT2D eigenvalue weighted by molar-refractivity contribution is -0.144. The number of thioether (sulfide) groups is 1. The van der Waals surface area contributed by atoms with Crippen molar-refractivity contribution in [1.82, 2.24) is 10.6 Å². The second kappa shape index (κ2) is 5.84. The molecule has 0 saturated heterocycles. The molecule has 0 aromatic carbocycles. The molecule has 114 valence electrons. The minimum Gasteiger partial charge on any atom is -0.480 e. The maximum absolute atomic E-state index is 12.0. The van der Waals surface area contributed by atoms with Gasteiger partial charge in [-0.15, -0.1) is 0 Å². The van der Waals surface area contributed by atoms with E-state index < -0.39 is 11.5 Å². The van der Waals surface area contributed by atoms with Crippen molar-refractivity contribution in [2.24, 2.45) is 5.92 Å². The number of carboxylic acids is 1. The van der Waals surface area contributed by atoms with Crippen molar-refractivity contribution in [2.45, 2.75) is 55.7 Å². The van der Waals surface area contributed by atoms with Crippen LogP contribution < -0.4 is 10.6 Å². The smallest absolute Gasteiger partial charge is 0.329 e. The van der Waals surface area contributed by atoms with E-state index in [4.69, 9.17) is 0 Å². The van der Waals surface area contributed by atoms with Gasteiger partial charge >= 0.3 is 12.0 Å². The Hall–Kier alpha value is -0.910. The molecule has 6 heteroatoms. The Bertz CT molecular complexity index is 392. The van der Waals surface area contributed by atoms with Crippen LogP contribution in [0.5, 0.6) is 0 Å². The second-order valence-corrected chi connectivity index (χ2v) is 7.46. The molecule has 2 aliphatic carbocycles. The summed E-state index contributed by atoms with van der Waals surface area (Å²) in [6.07, 6.45) is 8.48. The lowest BCUT2D eigenvalue weighted by Crippen LogP contribution is -2.57. The number of nitrogens with one attached hydrogen (secondary N) is 2.